The van der Waals surface area contributed by atoms with Gasteiger partial charge in [-0.25, -0.2) is 5.48 Å². The van der Waals surface area contributed by atoms with E-state index in [0.717, 1.165) is 0 Å². The zero-order valence-corrected chi connectivity index (χ0v) is 10.5. The zero-order chi connectivity index (χ0) is 14.1. The summed E-state index contributed by atoms with van der Waals surface area (Å²) in [5.41, 5.74) is 7.62. The number of hydroxylamine groups is 1. The van der Waals surface area contributed by atoms with Gasteiger partial charge in [0.15, 0.2) is 6.61 Å². The molecule has 0 unspecified atom stereocenters. The molecule has 3 N–H and O–H groups in total. The van der Waals surface area contributed by atoms with Crippen LogP contribution in [0.15, 0.2) is 24.3 Å². The SMILES string of the molecule is COCCONC(=O)c1ccc(OCC(N)=O)cc1. The van der Waals surface area contributed by atoms with Crippen molar-refractivity contribution in [2.45, 2.75) is 0 Å². The standard InChI is InChI=1S/C12H16N2O5/c1-17-6-7-19-14-12(16)9-2-4-10(5-3-9)18-8-11(13)15/h2-5H,6-8H2,1H3,(H2,13,15)(H,14,16). The molecule has 1 aromatic rings. The molecule has 0 aliphatic heterocycles. The van der Waals surface area contributed by atoms with Gasteiger partial charge in [-0.05, 0) is 24.3 Å². The summed E-state index contributed by atoms with van der Waals surface area (Å²) >= 11 is 0. The van der Waals surface area contributed by atoms with Crippen molar-refractivity contribution < 1.29 is 23.9 Å². The van der Waals surface area contributed by atoms with Gasteiger partial charge in [0, 0.05) is 12.7 Å². The van der Waals surface area contributed by atoms with Crippen LogP contribution in [0.5, 0.6) is 5.75 Å². The number of ether oxygens (including phenoxy) is 2. The van der Waals surface area contributed by atoms with Crippen LogP contribution in [0.1, 0.15) is 10.4 Å². The van der Waals surface area contributed by atoms with Crippen molar-refractivity contribution >= 4 is 11.8 Å². The van der Waals surface area contributed by atoms with Crippen LogP contribution in [0.3, 0.4) is 0 Å². The third kappa shape index (κ3) is 5.84. The average Bonchev–Trinajstić information content (AvgIpc) is 2.41. The van der Waals surface area contributed by atoms with Crippen LogP contribution >= 0.6 is 0 Å². The first kappa shape index (κ1) is 14.9. The monoisotopic (exact) mass is 268 g/mol. The van der Waals surface area contributed by atoms with E-state index in [9.17, 15) is 9.59 Å². The maximum absolute atomic E-state index is 11.6. The largest absolute Gasteiger partial charge is 0.484 e. The molecule has 0 heterocycles. The summed E-state index contributed by atoms with van der Waals surface area (Å²) in [6.07, 6.45) is 0. The molecular formula is C12H16N2O5. The first-order valence-electron chi connectivity index (χ1n) is 5.55. The lowest BCUT2D eigenvalue weighted by Crippen LogP contribution is -2.25. The molecule has 0 aliphatic carbocycles. The Morgan fingerprint density at radius 1 is 1.21 bits per heavy atom. The van der Waals surface area contributed by atoms with Crippen LogP contribution in [0.25, 0.3) is 0 Å². The third-order valence-corrected chi connectivity index (χ3v) is 2.05. The van der Waals surface area contributed by atoms with Crippen LogP contribution in [0, 0.1) is 0 Å². The number of rotatable bonds is 8. The van der Waals surface area contributed by atoms with E-state index in [4.69, 9.17) is 20.0 Å². The van der Waals surface area contributed by atoms with Gasteiger partial charge in [0.1, 0.15) is 5.75 Å². The minimum absolute atomic E-state index is 0.203. The fourth-order valence-electron chi connectivity index (χ4n) is 1.16. The molecule has 0 saturated heterocycles. The normalized spacial score (nSPS) is 9.95. The minimum atomic E-state index is -0.562. The molecule has 0 radical (unpaired) electrons. The van der Waals surface area contributed by atoms with Crippen LogP contribution < -0.4 is 16.0 Å². The summed E-state index contributed by atoms with van der Waals surface area (Å²) in [7, 11) is 1.54. The highest BCUT2D eigenvalue weighted by Gasteiger charge is 2.05. The number of primary amides is 1. The van der Waals surface area contributed by atoms with E-state index in [-0.39, 0.29) is 19.1 Å². The molecule has 0 aliphatic rings. The predicted octanol–water partition coefficient (Wildman–Crippen LogP) is -0.141. The second-order valence-corrected chi connectivity index (χ2v) is 3.55. The quantitative estimate of drug-likeness (QED) is 0.505. The lowest BCUT2D eigenvalue weighted by Gasteiger charge is -2.07. The Morgan fingerprint density at radius 2 is 1.89 bits per heavy atom. The minimum Gasteiger partial charge on any atom is -0.484 e. The van der Waals surface area contributed by atoms with E-state index < -0.39 is 5.91 Å². The number of amides is 2. The highest BCUT2D eigenvalue weighted by molar-refractivity contribution is 5.93. The number of hydrogen-bond acceptors (Lipinski definition) is 5. The molecule has 0 aromatic heterocycles. The van der Waals surface area contributed by atoms with Crippen molar-refractivity contribution in [1.82, 2.24) is 5.48 Å². The van der Waals surface area contributed by atoms with Crippen molar-refractivity contribution in [2.75, 3.05) is 26.9 Å². The Bertz CT molecular complexity index is 419. The van der Waals surface area contributed by atoms with Gasteiger partial charge in [-0.15, -0.1) is 0 Å². The van der Waals surface area contributed by atoms with E-state index >= 15 is 0 Å². The van der Waals surface area contributed by atoms with Gasteiger partial charge in [0.25, 0.3) is 11.8 Å². The zero-order valence-electron chi connectivity index (χ0n) is 10.5. The highest BCUT2D eigenvalue weighted by atomic mass is 16.7. The van der Waals surface area contributed by atoms with Crippen LogP contribution in [0.2, 0.25) is 0 Å². The number of hydrogen-bond donors (Lipinski definition) is 2. The summed E-state index contributed by atoms with van der Waals surface area (Å²) in [6, 6.07) is 6.22. The van der Waals surface area contributed by atoms with Gasteiger partial charge < -0.3 is 15.2 Å². The predicted molar refractivity (Wildman–Crippen MR) is 66.4 cm³/mol. The Hall–Kier alpha value is -2.12. The second-order valence-electron chi connectivity index (χ2n) is 3.55. The van der Waals surface area contributed by atoms with Crippen LogP contribution in [-0.2, 0) is 14.4 Å². The molecule has 0 saturated carbocycles. The van der Waals surface area contributed by atoms with Gasteiger partial charge in [-0.1, -0.05) is 0 Å². The molecule has 1 rings (SSSR count). The Morgan fingerprint density at radius 3 is 2.47 bits per heavy atom. The van der Waals surface area contributed by atoms with E-state index in [1.165, 1.54) is 7.11 Å². The van der Waals surface area contributed by atoms with Gasteiger partial charge in [-0.3, -0.25) is 14.4 Å². The number of carbonyl (C=O) groups excluding carboxylic acids is 2. The number of methoxy groups -OCH3 is 1. The van der Waals surface area contributed by atoms with E-state index in [2.05, 4.69) is 5.48 Å². The molecule has 0 spiro atoms. The summed E-state index contributed by atoms with van der Waals surface area (Å²) in [5, 5.41) is 0. The third-order valence-electron chi connectivity index (χ3n) is 2.05. The smallest absolute Gasteiger partial charge is 0.274 e. The molecule has 7 heteroatoms. The molecule has 0 fully saturated rings. The Balaban J connectivity index is 2.42. The van der Waals surface area contributed by atoms with Gasteiger partial charge in [0.05, 0.1) is 13.2 Å². The van der Waals surface area contributed by atoms with Gasteiger partial charge in [-0.2, -0.15) is 0 Å². The molecule has 1 aromatic carbocycles. The van der Waals surface area contributed by atoms with Crippen molar-refractivity contribution in [3.05, 3.63) is 29.8 Å². The number of benzene rings is 1. The molecule has 0 bridgehead atoms. The molecule has 19 heavy (non-hydrogen) atoms. The van der Waals surface area contributed by atoms with Gasteiger partial charge >= 0.3 is 0 Å². The maximum atomic E-state index is 11.6. The van der Waals surface area contributed by atoms with E-state index in [1.807, 2.05) is 0 Å². The van der Waals surface area contributed by atoms with Crippen molar-refractivity contribution in [2.24, 2.45) is 5.73 Å². The van der Waals surface area contributed by atoms with E-state index in [0.29, 0.717) is 17.9 Å². The van der Waals surface area contributed by atoms with Crippen LogP contribution in [-0.4, -0.2) is 38.7 Å². The molecular weight excluding hydrogens is 252 g/mol. The number of nitrogens with two attached hydrogens (primary N) is 1. The summed E-state index contributed by atoms with van der Waals surface area (Å²) in [4.78, 5) is 27.0. The molecule has 0 atom stereocenters. The van der Waals surface area contributed by atoms with Crippen molar-refractivity contribution in [1.29, 1.82) is 0 Å². The second kappa shape index (κ2) is 8.06. The van der Waals surface area contributed by atoms with Crippen LogP contribution in [0.4, 0.5) is 0 Å². The fourth-order valence-corrected chi connectivity index (χ4v) is 1.16. The lowest BCUT2D eigenvalue weighted by molar-refractivity contribution is -0.119. The number of nitrogens with one attached hydrogen (secondary N) is 1. The lowest BCUT2D eigenvalue weighted by atomic mass is 10.2. The first-order chi connectivity index (χ1) is 9.13. The molecule has 2 amide bonds. The molecule has 104 valence electrons. The molecule has 7 nitrogen and oxygen atoms in total. The Kier molecular flexibility index (Phi) is 6.34. The van der Waals surface area contributed by atoms with Crippen molar-refractivity contribution in [3.63, 3.8) is 0 Å². The number of carbonyl (C=O) groups is 2. The van der Waals surface area contributed by atoms with E-state index in [1.54, 1.807) is 24.3 Å². The first-order valence-corrected chi connectivity index (χ1v) is 5.55. The highest BCUT2D eigenvalue weighted by Crippen LogP contribution is 2.11. The van der Waals surface area contributed by atoms with Crippen molar-refractivity contribution in [3.8, 4) is 5.75 Å². The topological polar surface area (TPSA) is 99.9 Å². The summed E-state index contributed by atoms with van der Waals surface area (Å²) < 4.78 is 9.82. The fraction of sp³-hybridized carbons (Fsp3) is 0.333. The Labute approximate surface area is 110 Å². The summed E-state index contributed by atoms with van der Waals surface area (Å²) in [5.74, 6) is -0.485. The average molecular weight is 268 g/mol. The maximum Gasteiger partial charge on any atom is 0.274 e. The summed E-state index contributed by atoms with van der Waals surface area (Å²) in [6.45, 7) is 0.452. The van der Waals surface area contributed by atoms with Gasteiger partial charge in [0.2, 0.25) is 0 Å².